The molecule has 7 heteroatoms. The third-order valence-corrected chi connectivity index (χ3v) is 4.75. The lowest BCUT2D eigenvalue weighted by molar-refractivity contribution is -0.530. The third-order valence-electron chi connectivity index (χ3n) is 4.75. The molecular weight excluding hydrogens is 408 g/mol. The minimum Gasteiger partial charge on any atom is -0.623 e. The lowest BCUT2D eigenvalue weighted by Gasteiger charge is -2.29. The fourth-order valence-electron chi connectivity index (χ4n) is 2.91. The molecule has 0 radical (unpaired) electrons. The SMILES string of the molecule is CCOC(=O)CCNC(=O)Oc1c(C(C)(C)C)cc(C=[N+]([O-])C(C)(C)C)cc1C(C)(C)C. The van der Waals surface area contributed by atoms with Crippen LogP contribution in [0.3, 0.4) is 0 Å². The molecule has 0 aromatic heterocycles. The molecule has 0 heterocycles. The molecule has 1 amide bonds. The summed E-state index contributed by atoms with van der Waals surface area (Å²) in [6.45, 7) is 19.9. The maximum Gasteiger partial charge on any atom is 0.412 e. The van der Waals surface area contributed by atoms with E-state index in [1.54, 1.807) is 13.1 Å². The number of hydrogen-bond acceptors (Lipinski definition) is 5. The first kappa shape index (κ1) is 27.5. The predicted molar refractivity (Wildman–Crippen MR) is 128 cm³/mol. The molecule has 0 spiro atoms. The summed E-state index contributed by atoms with van der Waals surface area (Å²) in [4.78, 5) is 24.1. The summed E-state index contributed by atoms with van der Waals surface area (Å²) in [7, 11) is 0. The Morgan fingerprint density at radius 2 is 1.50 bits per heavy atom. The summed E-state index contributed by atoms with van der Waals surface area (Å²) in [5.74, 6) is 0.100. The van der Waals surface area contributed by atoms with E-state index in [9.17, 15) is 14.8 Å². The summed E-state index contributed by atoms with van der Waals surface area (Å²) in [6.07, 6.45) is 1.01. The molecule has 0 unspecified atom stereocenters. The van der Waals surface area contributed by atoms with E-state index in [1.807, 2.05) is 74.4 Å². The van der Waals surface area contributed by atoms with Crippen molar-refractivity contribution in [2.24, 2.45) is 0 Å². The smallest absolute Gasteiger partial charge is 0.412 e. The highest BCUT2D eigenvalue weighted by molar-refractivity contribution is 5.80. The van der Waals surface area contributed by atoms with Gasteiger partial charge in [0.2, 0.25) is 0 Å². The van der Waals surface area contributed by atoms with Gasteiger partial charge in [0.05, 0.1) is 13.0 Å². The number of amides is 1. The Labute approximate surface area is 192 Å². The largest absolute Gasteiger partial charge is 0.623 e. The summed E-state index contributed by atoms with van der Waals surface area (Å²) in [5, 5.41) is 15.2. The van der Waals surface area contributed by atoms with Crippen molar-refractivity contribution in [2.45, 2.75) is 92.0 Å². The lowest BCUT2D eigenvalue weighted by atomic mass is 9.78. The molecule has 1 rings (SSSR count). The highest BCUT2D eigenvalue weighted by Crippen LogP contribution is 2.40. The molecule has 1 aromatic rings. The molecule has 0 saturated heterocycles. The number of carbonyl (C=O) groups excluding carboxylic acids is 2. The van der Waals surface area contributed by atoms with Crippen molar-refractivity contribution in [3.63, 3.8) is 0 Å². The number of nitrogens with zero attached hydrogens (tertiary/aromatic N) is 1. The van der Waals surface area contributed by atoms with Gasteiger partial charge in [-0.05, 0) is 29.9 Å². The highest BCUT2D eigenvalue weighted by Gasteiger charge is 2.30. The van der Waals surface area contributed by atoms with Gasteiger partial charge >= 0.3 is 12.1 Å². The Hall–Kier alpha value is -2.57. The van der Waals surface area contributed by atoms with Crippen molar-refractivity contribution in [3.8, 4) is 5.75 Å². The lowest BCUT2D eigenvalue weighted by Crippen LogP contribution is -2.32. The van der Waals surface area contributed by atoms with Crippen LogP contribution in [0.2, 0.25) is 0 Å². The maximum atomic E-state index is 12.6. The zero-order valence-corrected chi connectivity index (χ0v) is 21.3. The molecule has 32 heavy (non-hydrogen) atoms. The Bertz CT molecular complexity index is 818. The summed E-state index contributed by atoms with van der Waals surface area (Å²) >= 11 is 0. The summed E-state index contributed by atoms with van der Waals surface area (Å²) in [6, 6.07) is 3.79. The second-order valence-electron chi connectivity index (χ2n) is 10.9. The van der Waals surface area contributed by atoms with E-state index in [1.165, 1.54) is 0 Å². The number of carbonyl (C=O) groups is 2. The molecule has 0 aliphatic carbocycles. The first-order chi connectivity index (χ1) is 14.5. The van der Waals surface area contributed by atoms with Crippen molar-refractivity contribution in [3.05, 3.63) is 34.0 Å². The maximum absolute atomic E-state index is 12.6. The monoisotopic (exact) mass is 448 g/mol. The van der Waals surface area contributed by atoms with Crippen LogP contribution >= 0.6 is 0 Å². The average molecular weight is 449 g/mol. The first-order valence-corrected chi connectivity index (χ1v) is 11.1. The van der Waals surface area contributed by atoms with Crippen LogP contribution in [0.25, 0.3) is 0 Å². The van der Waals surface area contributed by atoms with Crippen LogP contribution in [0.4, 0.5) is 4.79 Å². The molecule has 0 atom stereocenters. The molecule has 0 bridgehead atoms. The van der Waals surface area contributed by atoms with Crippen LogP contribution in [-0.2, 0) is 20.4 Å². The van der Waals surface area contributed by atoms with Gasteiger partial charge < -0.3 is 20.0 Å². The van der Waals surface area contributed by atoms with Gasteiger partial charge in [-0.1, -0.05) is 41.5 Å². The van der Waals surface area contributed by atoms with Crippen molar-refractivity contribution in [1.29, 1.82) is 0 Å². The Morgan fingerprint density at radius 3 is 1.91 bits per heavy atom. The van der Waals surface area contributed by atoms with E-state index in [0.29, 0.717) is 12.4 Å². The summed E-state index contributed by atoms with van der Waals surface area (Å²) < 4.78 is 11.6. The van der Waals surface area contributed by atoms with E-state index < -0.39 is 11.6 Å². The van der Waals surface area contributed by atoms with E-state index in [-0.39, 0.29) is 29.8 Å². The molecular formula is C25H40N2O5. The average Bonchev–Trinajstić information content (AvgIpc) is 2.60. The van der Waals surface area contributed by atoms with E-state index in [4.69, 9.17) is 9.47 Å². The quantitative estimate of drug-likeness (QED) is 0.216. The van der Waals surface area contributed by atoms with Crippen molar-refractivity contribution >= 4 is 18.3 Å². The number of rotatable bonds is 6. The van der Waals surface area contributed by atoms with Crippen LogP contribution in [0.5, 0.6) is 5.75 Å². The standard InChI is InChI=1S/C25H40N2O5/c1-11-31-20(28)12-13-26-22(29)32-21-18(23(2,3)4)14-17(15-19(21)24(5,6)7)16-27(30)25(8,9)10/h14-16H,11-13H2,1-10H3,(H,26,29). The number of benzene rings is 1. The Balaban J connectivity index is 3.40. The molecule has 7 nitrogen and oxygen atoms in total. The zero-order chi connectivity index (χ0) is 24.9. The number of ether oxygens (including phenoxy) is 2. The Morgan fingerprint density at radius 1 is 1.00 bits per heavy atom. The van der Waals surface area contributed by atoms with Crippen LogP contribution in [0, 0.1) is 5.21 Å². The zero-order valence-electron chi connectivity index (χ0n) is 21.3. The molecule has 0 saturated carbocycles. The normalized spacial score (nSPS) is 13.0. The molecule has 1 aromatic carbocycles. The van der Waals surface area contributed by atoms with Gasteiger partial charge in [0, 0.05) is 44.0 Å². The van der Waals surface area contributed by atoms with Gasteiger partial charge in [0.1, 0.15) is 5.75 Å². The van der Waals surface area contributed by atoms with Gasteiger partial charge in [-0.15, -0.1) is 0 Å². The van der Waals surface area contributed by atoms with Crippen molar-refractivity contribution < 1.29 is 23.8 Å². The van der Waals surface area contributed by atoms with Crippen LogP contribution in [-0.4, -0.2) is 41.7 Å². The highest BCUT2D eigenvalue weighted by atomic mass is 16.6. The van der Waals surface area contributed by atoms with E-state index in [0.717, 1.165) is 21.4 Å². The fourth-order valence-corrected chi connectivity index (χ4v) is 2.91. The summed E-state index contributed by atoms with van der Waals surface area (Å²) in [5.41, 5.74) is 1.12. The fraction of sp³-hybridized carbons (Fsp3) is 0.640. The number of hydroxylamine groups is 1. The van der Waals surface area contributed by atoms with E-state index in [2.05, 4.69) is 5.32 Å². The minimum absolute atomic E-state index is 0.0707. The molecule has 0 aliphatic heterocycles. The number of hydrogen-bond donors (Lipinski definition) is 1. The van der Waals surface area contributed by atoms with Gasteiger partial charge in [-0.3, -0.25) is 4.79 Å². The van der Waals surface area contributed by atoms with Gasteiger partial charge in [0.15, 0.2) is 11.8 Å². The molecule has 0 aliphatic rings. The molecule has 0 fully saturated rings. The van der Waals surface area contributed by atoms with Gasteiger partial charge in [0.25, 0.3) is 0 Å². The molecule has 180 valence electrons. The predicted octanol–water partition coefficient (Wildman–Crippen LogP) is 5.05. The topological polar surface area (TPSA) is 90.7 Å². The van der Waals surface area contributed by atoms with Gasteiger partial charge in [-0.25, -0.2) is 9.53 Å². The number of esters is 1. The Kier molecular flexibility index (Phi) is 8.90. The minimum atomic E-state index is -0.637. The molecule has 1 N–H and O–H groups in total. The third kappa shape index (κ3) is 8.17. The van der Waals surface area contributed by atoms with Crippen molar-refractivity contribution in [2.75, 3.05) is 13.2 Å². The van der Waals surface area contributed by atoms with E-state index >= 15 is 0 Å². The van der Waals surface area contributed by atoms with Crippen LogP contribution in [0.15, 0.2) is 12.1 Å². The second kappa shape index (κ2) is 10.4. The van der Waals surface area contributed by atoms with Gasteiger partial charge in [-0.2, -0.15) is 0 Å². The van der Waals surface area contributed by atoms with Crippen LogP contribution < -0.4 is 10.1 Å². The van der Waals surface area contributed by atoms with Crippen LogP contribution in [0.1, 0.15) is 92.3 Å². The second-order valence-corrected chi connectivity index (χ2v) is 10.9. The number of nitrogens with one attached hydrogen (secondary N) is 1. The first-order valence-electron chi connectivity index (χ1n) is 11.1. The van der Waals surface area contributed by atoms with Crippen molar-refractivity contribution in [1.82, 2.24) is 5.32 Å².